The number of methoxy groups -OCH3 is 1. The first-order valence-corrected chi connectivity index (χ1v) is 16.4. The van der Waals surface area contributed by atoms with E-state index < -0.39 is 25.3 Å². The fraction of sp³-hybridized carbons (Fsp3) is 0.452. The predicted molar refractivity (Wildman–Crippen MR) is 160 cm³/mol. The fourth-order valence-corrected chi connectivity index (χ4v) is 4.47. The summed E-state index contributed by atoms with van der Waals surface area (Å²) in [5.74, 6) is 0.221. The zero-order valence-corrected chi connectivity index (χ0v) is 25.7. The molecular formula is C31H43NO7Si. The summed E-state index contributed by atoms with van der Waals surface area (Å²) in [7, 11) is -0.152. The van der Waals surface area contributed by atoms with Crippen LogP contribution in [0.25, 0.3) is 0 Å². The van der Waals surface area contributed by atoms with Crippen molar-refractivity contribution in [2.75, 3.05) is 13.7 Å². The maximum absolute atomic E-state index is 12.8. The lowest BCUT2D eigenvalue weighted by Gasteiger charge is -2.36. The number of nitrogens with zero attached hydrogens (tertiary/aromatic N) is 1. The van der Waals surface area contributed by atoms with Gasteiger partial charge in [0.1, 0.15) is 11.9 Å². The van der Waals surface area contributed by atoms with Crippen LogP contribution in [0.5, 0.6) is 5.75 Å². The Morgan fingerprint density at radius 1 is 1.05 bits per heavy atom. The molecule has 218 valence electrons. The number of benzene rings is 2. The monoisotopic (exact) mass is 569 g/mol. The van der Waals surface area contributed by atoms with Crippen molar-refractivity contribution in [3.63, 3.8) is 0 Å². The van der Waals surface area contributed by atoms with Crippen molar-refractivity contribution < 1.29 is 28.4 Å². The molecule has 9 heteroatoms. The van der Waals surface area contributed by atoms with Crippen molar-refractivity contribution >= 4 is 20.0 Å². The van der Waals surface area contributed by atoms with Gasteiger partial charge in [-0.25, -0.2) is 4.79 Å². The minimum Gasteiger partial charge on any atom is -0.497 e. The van der Waals surface area contributed by atoms with Crippen molar-refractivity contribution in [1.29, 1.82) is 0 Å². The fourth-order valence-electron chi connectivity index (χ4n) is 3.41. The van der Waals surface area contributed by atoms with Crippen molar-refractivity contribution in [3.05, 3.63) is 94.1 Å². The molecule has 0 saturated heterocycles. The van der Waals surface area contributed by atoms with E-state index >= 15 is 0 Å². The summed E-state index contributed by atoms with van der Waals surface area (Å²) in [6, 6.07) is 13.0. The van der Waals surface area contributed by atoms with Crippen LogP contribution in [0.4, 0.5) is 5.69 Å². The SMILES string of the molecule is COc1ccc(CO[C@H](C)C[C@@H](/C=C/C=C/CCO[Si](C)(C)C(C)(C)C)OC(=O)c2ccc([N+](=O)[O-])cc2)cc1. The van der Waals surface area contributed by atoms with Crippen LogP contribution in [-0.4, -0.2) is 45.1 Å². The smallest absolute Gasteiger partial charge is 0.338 e. The Balaban J connectivity index is 2.00. The van der Waals surface area contributed by atoms with Gasteiger partial charge in [0.25, 0.3) is 5.69 Å². The number of carbonyl (C=O) groups excluding carboxylic acids is 1. The van der Waals surface area contributed by atoms with Gasteiger partial charge in [0.05, 0.1) is 30.3 Å². The van der Waals surface area contributed by atoms with E-state index in [9.17, 15) is 14.9 Å². The number of ether oxygens (including phenoxy) is 3. The zero-order valence-electron chi connectivity index (χ0n) is 24.7. The molecule has 0 aliphatic carbocycles. The van der Waals surface area contributed by atoms with Gasteiger partial charge in [-0.2, -0.15) is 0 Å². The molecule has 0 saturated carbocycles. The van der Waals surface area contributed by atoms with Crippen LogP contribution in [0.15, 0.2) is 72.8 Å². The number of nitro benzene ring substituents is 1. The largest absolute Gasteiger partial charge is 0.497 e. The van der Waals surface area contributed by atoms with E-state index in [0.29, 0.717) is 19.6 Å². The number of nitro groups is 1. The second-order valence-electron chi connectivity index (χ2n) is 11.2. The predicted octanol–water partition coefficient (Wildman–Crippen LogP) is 7.65. The number of hydrogen-bond acceptors (Lipinski definition) is 7. The highest BCUT2D eigenvalue weighted by molar-refractivity contribution is 6.74. The van der Waals surface area contributed by atoms with Gasteiger partial charge in [0.2, 0.25) is 0 Å². The number of rotatable bonds is 15. The molecule has 0 fully saturated rings. The van der Waals surface area contributed by atoms with Crippen LogP contribution in [0, 0.1) is 10.1 Å². The molecule has 2 rings (SSSR count). The molecule has 0 N–H and O–H groups in total. The maximum atomic E-state index is 12.8. The van der Waals surface area contributed by atoms with Crippen LogP contribution < -0.4 is 4.74 Å². The van der Waals surface area contributed by atoms with Crippen molar-refractivity contribution in [1.82, 2.24) is 0 Å². The van der Waals surface area contributed by atoms with Gasteiger partial charge < -0.3 is 18.6 Å². The van der Waals surface area contributed by atoms with Crippen LogP contribution >= 0.6 is 0 Å². The highest BCUT2D eigenvalue weighted by atomic mass is 28.4. The lowest BCUT2D eigenvalue weighted by atomic mass is 10.1. The van der Waals surface area contributed by atoms with E-state index in [-0.39, 0.29) is 22.4 Å². The van der Waals surface area contributed by atoms with Crippen LogP contribution in [0.2, 0.25) is 18.1 Å². The minimum atomic E-state index is -1.77. The number of esters is 1. The number of carbonyl (C=O) groups is 1. The molecule has 0 aromatic heterocycles. The van der Waals surface area contributed by atoms with E-state index in [1.807, 2.05) is 55.5 Å². The standard InChI is InChI=1S/C31H43NO7Si/c1-24(37-23-25-13-19-28(36-5)20-14-25)22-29(39-30(33)26-15-17-27(18-16-26)32(34)35)12-10-8-9-11-21-38-40(6,7)31(2,3)4/h8-10,12-20,24,29H,11,21-23H2,1-7H3/b9-8+,12-10+/t24-,29-/m1/s1. The van der Waals surface area contributed by atoms with Gasteiger partial charge in [0, 0.05) is 25.2 Å². The van der Waals surface area contributed by atoms with Gasteiger partial charge in [-0.05, 0) is 67.4 Å². The Morgan fingerprint density at radius 2 is 1.70 bits per heavy atom. The van der Waals surface area contributed by atoms with Crippen molar-refractivity contribution in [2.45, 2.75) is 77.5 Å². The summed E-state index contributed by atoms with van der Waals surface area (Å²) in [6.45, 7) is 14.1. The number of non-ortho nitro benzene ring substituents is 1. The Hall–Kier alpha value is -3.27. The molecule has 2 atom stereocenters. The number of allylic oxidation sites excluding steroid dienone is 2. The second-order valence-corrected chi connectivity index (χ2v) is 16.0. The lowest BCUT2D eigenvalue weighted by molar-refractivity contribution is -0.384. The average Bonchev–Trinajstić information content (AvgIpc) is 2.90. The first kappa shape index (κ1) is 32.9. The number of hydrogen-bond donors (Lipinski definition) is 0. The summed E-state index contributed by atoms with van der Waals surface area (Å²) in [4.78, 5) is 23.2. The van der Waals surface area contributed by atoms with E-state index in [4.69, 9.17) is 18.6 Å². The van der Waals surface area contributed by atoms with Crippen LogP contribution in [0.3, 0.4) is 0 Å². The highest BCUT2D eigenvalue weighted by Gasteiger charge is 2.36. The molecule has 0 bridgehead atoms. The third-order valence-electron chi connectivity index (χ3n) is 6.96. The Labute approximate surface area is 239 Å². The first-order chi connectivity index (χ1) is 18.8. The van der Waals surface area contributed by atoms with Crippen LogP contribution in [0.1, 0.15) is 56.5 Å². The summed E-state index contributed by atoms with van der Waals surface area (Å²) < 4.78 is 23.2. The molecule has 2 aromatic carbocycles. The second kappa shape index (κ2) is 15.5. The van der Waals surface area contributed by atoms with E-state index in [2.05, 4.69) is 33.9 Å². The highest BCUT2D eigenvalue weighted by Crippen LogP contribution is 2.36. The van der Waals surface area contributed by atoms with Crippen molar-refractivity contribution in [3.8, 4) is 5.75 Å². The molecule has 8 nitrogen and oxygen atoms in total. The average molecular weight is 570 g/mol. The lowest BCUT2D eigenvalue weighted by Crippen LogP contribution is -2.40. The Morgan fingerprint density at radius 3 is 2.27 bits per heavy atom. The van der Waals surface area contributed by atoms with Gasteiger partial charge in [0.15, 0.2) is 8.32 Å². The minimum absolute atomic E-state index is 0.0868. The Kier molecular flexibility index (Phi) is 12.8. The molecule has 0 unspecified atom stereocenters. The van der Waals surface area contributed by atoms with Crippen molar-refractivity contribution in [2.24, 2.45) is 0 Å². The van der Waals surface area contributed by atoms with Crippen LogP contribution in [-0.2, 0) is 20.5 Å². The van der Waals surface area contributed by atoms with E-state index in [1.165, 1.54) is 24.3 Å². The quantitative estimate of drug-likeness (QED) is 0.0543. The maximum Gasteiger partial charge on any atom is 0.338 e. The molecule has 0 radical (unpaired) electrons. The zero-order chi connectivity index (χ0) is 29.8. The van der Waals surface area contributed by atoms with E-state index in [0.717, 1.165) is 17.7 Å². The normalized spacial score (nSPS) is 13.9. The molecule has 0 spiro atoms. The van der Waals surface area contributed by atoms with Gasteiger partial charge >= 0.3 is 5.97 Å². The molecule has 2 aromatic rings. The topological polar surface area (TPSA) is 97.1 Å². The molecular weight excluding hydrogens is 526 g/mol. The molecule has 0 aliphatic heterocycles. The third-order valence-corrected chi connectivity index (χ3v) is 11.5. The summed E-state index contributed by atoms with van der Waals surface area (Å²) >= 11 is 0. The third kappa shape index (κ3) is 11.1. The summed E-state index contributed by atoms with van der Waals surface area (Å²) in [6.07, 6.45) is 8.09. The van der Waals surface area contributed by atoms with E-state index in [1.54, 1.807) is 7.11 Å². The van der Waals surface area contributed by atoms with Gasteiger partial charge in [-0.3, -0.25) is 10.1 Å². The van der Waals surface area contributed by atoms with Gasteiger partial charge in [-0.1, -0.05) is 51.1 Å². The molecule has 0 heterocycles. The molecule has 40 heavy (non-hydrogen) atoms. The summed E-state index contributed by atoms with van der Waals surface area (Å²) in [5.41, 5.74) is 1.16. The van der Waals surface area contributed by atoms with Gasteiger partial charge in [-0.15, -0.1) is 0 Å². The first-order valence-electron chi connectivity index (χ1n) is 13.5. The molecule has 0 aliphatic rings. The molecule has 0 amide bonds. The summed E-state index contributed by atoms with van der Waals surface area (Å²) in [5, 5.41) is 11.1. The Bertz CT molecular complexity index is 1140.